The Labute approximate surface area is 134 Å². The van der Waals surface area contributed by atoms with Gasteiger partial charge in [0.05, 0.1) is 2.74 Å². The van der Waals surface area contributed by atoms with Crippen LogP contribution in [0.2, 0.25) is 0 Å². The van der Waals surface area contributed by atoms with Crippen molar-refractivity contribution >= 4 is 11.5 Å². The molecule has 0 aliphatic carbocycles. The van der Waals surface area contributed by atoms with Crippen molar-refractivity contribution in [2.24, 2.45) is 0 Å². The normalized spacial score (nSPS) is 14.3. The van der Waals surface area contributed by atoms with Crippen LogP contribution in [0.1, 0.15) is 27.2 Å². The van der Waals surface area contributed by atoms with Crippen molar-refractivity contribution < 1.29 is 12.3 Å². The molecule has 0 unspecified atom stereocenters. The second-order valence-electron chi connectivity index (χ2n) is 5.58. The Kier molecular flexibility index (Phi) is 3.71. The minimum Gasteiger partial charge on any atom is -0.489 e. The summed E-state index contributed by atoms with van der Waals surface area (Å²) in [6, 6.07) is 12.0. The fraction of sp³-hybridized carbons (Fsp3) is 0.316. The van der Waals surface area contributed by atoms with Gasteiger partial charge in [-0.1, -0.05) is 36.4 Å². The summed E-state index contributed by atoms with van der Waals surface area (Å²) in [6.07, 6.45) is 1.28. The molecule has 0 aromatic heterocycles. The molecule has 0 saturated carbocycles. The van der Waals surface area contributed by atoms with Gasteiger partial charge in [0.25, 0.3) is 0 Å². The van der Waals surface area contributed by atoms with E-state index >= 15 is 0 Å². The average molecular weight is 297 g/mol. The van der Waals surface area contributed by atoms with E-state index in [9.17, 15) is 4.79 Å². The van der Waals surface area contributed by atoms with Gasteiger partial charge in [0, 0.05) is 31.2 Å². The first-order chi connectivity index (χ1) is 11.6. The van der Waals surface area contributed by atoms with Gasteiger partial charge in [-0.25, -0.2) is 0 Å². The number of hydrogen-bond donors (Lipinski definition) is 0. The third-order valence-electron chi connectivity index (χ3n) is 3.84. The molecule has 0 N–H and O–H groups in total. The smallest absolute Gasteiger partial charge is 0.131 e. The number of carbonyl (C=O) groups excluding carboxylic acids is 1. The van der Waals surface area contributed by atoms with Crippen LogP contribution in [0.5, 0.6) is 5.75 Å². The van der Waals surface area contributed by atoms with E-state index in [1.165, 1.54) is 0 Å². The first-order valence-corrected chi connectivity index (χ1v) is 7.60. The number of carbonyl (C=O) groups is 1. The summed E-state index contributed by atoms with van der Waals surface area (Å²) in [4.78, 5) is 13.3. The molecule has 0 bridgehead atoms. The molecule has 1 aliphatic heterocycles. The lowest BCUT2D eigenvalue weighted by atomic mass is 10.1. The molecule has 3 heteroatoms. The lowest BCUT2D eigenvalue weighted by molar-refractivity contribution is -0.116. The van der Waals surface area contributed by atoms with Crippen LogP contribution < -0.4 is 9.64 Å². The van der Waals surface area contributed by atoms with E-state index in [1.54, 1.807) is 13.0 Å². The van der Waals surface area contributed by atoms with Crippen LogP contribution in [0.4, 0.5) is 5.69 Å². The summed E-state index contributed by atoms with van der Waals surface area (Å²) in [7, 11) is 0. The Morgan fingerprint density at radius 2 is 2.14 bits per heavy atom. The zero-order chi connectivity index (χ0) is 17.1. The summed E-state index contributed by atoms with van der Waals surface area (Å²) in [5, 5.41) is 0. The van der Waals surface area contributed by atoms with Gasteiger partial charge in [-0.2, -0.15) is 0 Å². The molecule has 1 aliphatic rings. The maximum atomic E-state index is 11.2. The van der Waals surface area contributed by atoms with E-state index < -0.39 is 0 Å². The number of fused-ring (bicyclic) bond motifs is 1. The summed E-state index contributed by atoms with van der Waals surface area (Å²) >= 11 is 0. The van der Waals surface area contributed by atoms with E-state index in [0.29, 0.717) is 25.3 Å². The number of Topliss-reactive ketones (excluding diaryl/α,β-unsaturated/α-hetero) is 1. The number of nitrogens with zero attached hydrogens (tertiary/aromatic N) is 1. The molecule has 22 heavy (non-hydrogen) atoms. The Morgan fingerprint density at radius 3 is 2.91 bits per heavy atom. The predicted octanol–water partition coefficient (Wildman–Crippen LogP) is 3.61. The summed E-state index contributed by atoms with van der Waals surface area (Å²) < 4.78 is 22.4. The molecule has 114 valence electrons. The largest absolute Gasteiger partial charge is 0.489 e. The molecule has 3 nitrogen and oxygen atoms in total. The monoisotopic (exact) mass is 297 g/mol. The second-order valence-corrected chi connectivity index (χ2v) is 5.58. The summed E-state index contributed by atoms with van der Waals surface area (Å²) in [6.45, 7) is 3.32. The van der Waals surface area contributed by atoms with E-state index in [2.05, 4.69) is 4.90 Å². The number of benzene rings is 2. The summed E-state index contributed by atoms with van der Waals surface area (Å²) in [5.74, 6) is 0.458. The van der Waals surface area contributed by atoms with Crippen molar-refractivity contribution in [1.82, 2.24) is 0 Å². The predicted molar refractivity (Wildman–Crippen MR) is 88.4 cm³/mol. The quantitative estimate of drug-likeness (QED) is 0.816. The number of hydrogen-bond acceptors (Lipinski definition) is 3. The van der Waals surface area contributed by atoms with E-state index in [0.717, 1.165) is 29.8 Å². The van der Waals surface area contributed by atoms with Gasteiger partial charge in [-0.15, -0.1) is 0 Å². The minimum absolute atomic E-state index is 0.146. The number of anilines is 1. The van der Waals surface area contributed by atoms with Crippen molar-refractivity contribution in [2.75, 3.05) is 18.0 Å². The molecule has 0 atom stereocenters. The first kappa shape index (κ1) is 12.3. The lowest BCUT2D eigenvalue weighted by Gasteiger charge is -2.19. The van der Waals surface area contributed by atoms with Crippen molar-refractivity contribution in [3.63, 3.8) is 0 Å². The summed E-state index contributed by atoms with van der Waals surface area (Å²) in [5.41, 5.74) is 2.82. The van der Waals surface area contributed by atoms with Crippen molar-refractivity contribution in [3.05, 3.63) is 59.6 Å². The third kappa shape index (κ3) is 3.48. The molecule has 1 heterocycles. The van der Waals surface area contributed by atoms with Crippen LogP contribution >= 0.6 is 0 Å². The molecule has 2 aromatic carbocycles. The van der Waals surface area contributed by atoms with E-state index in [1.807, 2.05) is 30.3 Å². The molecule has 2 aromatic rings. The first-order valence-electron chi connectivity index (χ1n) is 8.60. The maximum Gasteiger partial charge on any atom is 0.131 e. The van der Waals surface area contributed by atoms with Gasteiger partial charge in [0.15, 0.2) is 0 Å². The SMILES string of the molecule is [2H]c1cc2c(c([2H])c1OCc1ccccc1)N(CCC(C)=O)CC2. The Morgan fingerprint density at radius 1 is 1.32 bits per heavy atom. The lowest BCUT2D eigenvalue weighted by Crippen LogP contribution is -2.23. The Bertz CT molecular complexity index is 747. The van der Waals surface area contributed by atoms with Crippen LogP contribution in [0.15, 0.2) is 48.5 Å². The second kappa shape index (κ2) is 6.65. The van der Waals surface area contributed by atoms with E-state index in [-0.39, 0.29) is 17.9 Å². The zero-order valence-electron chi connectivity index (χ0n) is 14.8. The fourth-order valence-electron chi connectivity index (χ4n) is 2.61. The van der Waals surface area contributed by atoms with Crippen molar-refractivity contribution in [1.29, 1.82) is 0 Å². The zero-order valence-corrected chi connectivity index (χ0v) is 12.8. The van der Waals surface area contributed by atoms with Crippen molar-refractivity contribution in [2.45, 2.75) is 26.4 Å². The Hall–Kier alpha value is -2.29. The highest BCUT2D eigenvalue weighted by Gasteiger charge is 2.19. The van der Waals surface area contributed by atoms with Crippen LogP contribution in [-0.2, 0) is 17.8 Å². The van der Waals surface area contributed by atoms with Gasteiger partial charge in [-0.05, 0) is 30.5 Å². The molecule has 0 fully saturated rings. The number of ether oxygens (including phenoxy) is 1. The maximum absolute atomic E-state index is 11.2. The average Bonchev–Trinajstić information content (AvgIpc) is 2.96. The Balaban J connectivity index is 1.83. The van der Waals surface area contributed by atoms with Crippen LogP contribution in [0.25, 0.3) is 0 Å². The van der Waals surface area contributed by atoms with Crippen LogP contribution in [0, 0.1) is 0 Å². The third-order valence-corrected chi connectivity index (χ3v) is 3.84. The molecule has 3 rings (SSSR count). The van der Waals surface area contributed by atoms with Gasteiger partial charge in [-0.3, -0.25) is 4.79 Å². The fourth-order valence-corrected chi connectivity index (χ4v) is 2.61. The van der Waals surface area contributed by atoms with Crippen LogP contribution in [0.3, 0.4) is 0 Å². The van der Waals surface area contributed by atoms with Crippen LogP contribution in [-0.4, -0.2) is 18.9 Å². The van der Waals surface area contributed by atoms with Gasteiger partial charge in [0.2, 0.25) is 0 Å². The van der Waals surface area contributed by atoms with E-state index in [4.69, 9.17) is 7.48 Å². The molecule has 0 radical (unpaired) electrons. The molecule has 0 amide bonds. The van der Waals surface area contributed by atoms with Gasteiger partial charge >= 0.3 is 0 Å². The highest BCUT2D eigenvalue weighted by Crippen LogP contribution is 2.32. The minimum atomic E-state index is 0.146. The molecular formula is C19H21NO2. The topological polar surface area (TPSA) is 29.5 Å². The van der Waals surface area contributed by atoms with Crippen molar-refractivity contribution in [3.8, 4) is 5.75 Å². The highest BCUT2D eigenvalue weighted by molar-refractivity contribution is 5.76. The molecular weight excluding hydrogens is 274 g/mol. The van der Waals surface area contributed by atoms with Gasteiger partial charge in [0.1, 0.15) is 18.1 Å². The van der Waals surface area contributed by atoms with Gasteiger partial charge < -0.3 is 9.64 Å². The standard InChI is InChI=1S/C19H21NO2/c1-15(21)9-11-20-12-10-17-7-8-18(13-19(17)20)22-14-16-5-3-2-4-6-16/h2-8,13H,9-12,14H2,1H3/i8D,13D. The molecule has 0 spiro atoms. The highest BCUT2D eigenvalue weighted by atomic mass is 16.5. The molecule has 0 saturated heterocycles. The number of ketones is 1. The number of rotatable bonds is 6.